The van der Waals surface area contributed by atoms with Crippen molar-refractivity contribution in [3.63, 3.8) is 0 Å². The normalized spacial score (nSPS) is 11.5. The van der Waals surface area contributed by atoms with Crippen molar-refractivity contribution in [2.45, 2.75) is 6.29 Å². The van der Waals surface area contributed by atoms with Crippen molar-refractivity contribution in [1.29, 1.82) is 0 Å². The van der Waals surface area contributed by atoms with E-state index in [1.807, 2.05) is 16.7 Å². The predicted octanol–water partition coefficient (Wildman–Crippen LogP) is 1.78. The standard InChI is InChI=1S/C9H10BrN3O2/c1-14-8(15-2)6-3-4-13-7(10)5-11-9(13)12-6/h3-5,8H,1-2H3. The van der Waals surface area contributed by atoms with Gasteiger partial charge in [-0.25, -0.2) is 9.97 Å². The third-order valence-electron chi connectivity index (χ3n) is 2.03. The molecule has 15 heavy (non-hydrogen) atoms. The third-order valence-corrected chi connectivity index (χ3v) is 2.61. The van der Waals surface area contributed by atoms with Crippen LogP contribution in [0.15, 0.2) is 23.1 Å². The Bertz CT molecular complexity index is 467. The Kier molecular flexibility index (Phi) is 2.99. The Morgan fingerprint density at radius 3 is 2.80 bits per heavy atom. The van der Waals surface area contributed by atoms with E-state index in [0.717, 1.165) is 4.60 Å². The first-order valence-corrected chi connectivity index (χ1v) is 5.10. The molecule has 0 aliphatic rings. The Morgan fingerprint density at radius 1 is 1.40 bits per heavy atom. The van der Waals surface area contributed by atoms with Crippen molar-refractivity contribution < 1.29 is 9.47 Å². The van der Waals surface area contributed by atoms with Crippen LogP contribution in [0.2, 0.25) is 0 Å². The van der Waals surface area contributed by atoms with Gasteiger partial charge in [0.1, 0.15) is 10.3 Å². The van der Waals surface area contributed by atoms with Gasteiger partial charge in [-0.15, -0.1) is 0 Å². The van der Waals surface area contributed by atoms with E-state index in [0.29, 0.717) is 11.5 Å². The molecule has 5 nitrogen and oxygen atoms in total. The molecular formula is C9H10BrN3O2. The van der Waals surface area contributed by atoms with Crippen LogP contribution in [0.5, 0.6) is 0 Å². The number of nitrogens with zero attached hydrogens (tertiary/aromatic N) is 3. The Balaban J connectivity index is 2.46. The van der Waals surface area contributed by atoms with Gasteiger partial charge in [0.25, 0.3) is 0 Å². The topological polar surface area (TPSA) is 48.7 Å². The molecular weight excluding hydrogens is 262 g/mol. The number of hydrogen-bond donors (Lipinski definition) is 0. The molecule has 0 aliphatic heterocycles. The average Bonchev–Trinajstić information content (AvgIpc) is 2.62. The quantitative estimate of drug-likeness (QED) is 0.799. The number of imidazole rings is 1. The van der Waals surface area contributed by atoms with Crippen LogP contribution in [-0.4, -0.2) is 28.6 Å². The number of hydrogen-bond acceptors (Lipinski definition) is 4. The van der Waals surface area contributed by atoms with E-state index >= 15 is 0 Å². The summed E-state index contributed by atoms with van der Waals surface area (Å²) in [5, 5.41) is 0. The van der Waals surface area contributed by atoms with Crippen LogP contribution in [-0.2, 0) is 9.47 Å². The molecule has 2 aromatic heterocycles. The number of fused-ring (bicyclic) bond motifs is 1. The molecule has 0 aromatic carbocycles. The smallest absolute Gasteiger partial charge is 0.235 e. The minimum Gasteiger partial charge on any atom is -0.350 e. The summed E-state index contributed by atoms with van der Waals surface area (Å²) in [6, 6.07) is 1.83. The summed E-state index contributed by atoms with van der Waals surface area (Å²) in [4.78, 5) is 8.43. The van der Waals surface area contributed by atoms with Gasteiger partial charge in [-0.3, -0.25) is 4.40 Å². The summed E-state index contributed by atoms with van der Waals surface area (Å²) in [5.41, 5.74) is 0.700. The molecule has 0 bridgehead atoms. The minimum absolute atomic E-state index is 0.453. The number of methoxy groups -OCH3 is 2. The van der Waals surface area contributed by atoms with E-state index in [4.69, 9.17) is 9.47 Å². The van der Waals surface area contributed by atoms with Crippen LogP contribution in [0.4, 0.5) is 0 Å². The fraction of sp³-hybridized carbons (Fsp3) is 0.333. The Morgan fingerprint density at radius 2 is 2.13 bits per heavy atom. The number of aromatic nitrogens is 3. The van der Waals surface area contributed by atoms with Crippen molar-refractivity contribution >= 4 is 21.7 Å². The minimum atomic E-state index is -0.453. The molecule has 6 heteroatoms. The van der Waals surface area contributed by atoms with Crippen molar-refractivity contribution in [2.24, 2.45) is 0 Å². The van der Waals surface area contributed by atoms with Gasteiger partial charge in [-0.05, 0) is 22.0 Å². The van der Waals surface area contributed by atoms with Gasteiger partial charge < -0.3 is 9.47 Å². The Labute approximate surface area is 95.2 Å². The van der Waals surface area contributed by atoms with Gasteiger partial charge in [0.05, 0.1) is 6.20 Å². The van der Waals surface area contributed by atoms with Gasteiger partial charge in [0.15, 0.2) is 0 Å². The molecule has 2 rings (SSSR count). The van der Waals surface area contributed by atoms with Crippen molar-refractivity contribution in [1.82, 2.24) is 14.4 Å². The summed E-state index contributed by atoms with van der Waals surface area (Å²) >= 11 is 3.36. The molecule has 0 radical (unpaired) electrons. The monoisotopic (exact) mass is 271 g/mol. The number of rotatable bonds is 3. The van der Waals surface area contributed by atoms with E-state index in [9.17, 15) is 0 Å². The molecule has 2 aromatic rings. The second kappa shape index (κ2) is 4.26. The fourth-order valence-corrected chi connectivity index (χ4v) is 1.70. The summed E-state index contributed by atoms with van der Waals surface area (Å²) in [6.07, 6.45) is 3.10. The van der Waals surface area contributed by atoms with E-state index in [1.165, 1.54) is 0 Å². The molecule has 0 saturated carbocycles. The lowest BCUT2D eigenvalue weighted by molar-refractivity contribution is -0.108. The molecule has 0 spiro atoms. The number of ether oxygens (including phenoxy) is 2. The lowest BCUT2D eigenvalue weighted by Gasteiger charge is -2.12. The van der Waals surface area contributed by atoms with Crippen molar-refractivity contribution in [2.75, 3.05) is 14.2 Å². The van der Waals surface area contributed by atoms with E-state index in [-0.39, 0.29) is 0 Å². The highest BCUT2D eigenvalue weighted by Gasteiger charge is 2.12. The largest absolute Gasteiger partial charge is 0.350 e. The van der Waals surface area contributed by atoms with Gasteiger partial charge in [-0.2, -0.15) is 0 Å². The van der Waals surface area contributed by atoms with Gasteiger partial charge in [0, 0.05) is 20.4 Å². The third kappa shape index (κ3) is 1.88. The maximum Gasteiger partial charge on any atom is 0.235 e. The van der Waals surface area contributed by atoms with Gasteiger partial charge in [-0.1, -0.05) is 0 Å². The van der Waals surface area contributed by atoms with Crippen LogP contribution in [0.1, 0.15) is 12.0 Å². The summed E-state index contributed by atoms with van der Waals surface area (Å²) < 4.78 is 12.9. The zero-order valence-electron chi connectivity index (χ0n) is 8.35. The van der Waals surface area contributed by atoms with Gasteiger partial charge >= 0.3 is 0 Å². The van der Waals surface area contributed by atoms with Crippen LogP contribution in [0.25, 0.3) is 5.78 Å². The predicted molar refractivity (Wildman–Crippen MR) is 57.4 cm³/mol. The molecule has 0 atom stereocenters. The lowest BCUT2D eigenvalue weighted by Crippen LogP contribution is -2.07. The summed E-state index contributed by atoms with van der Waals surface area (Å²) in [6.45, 7) is 0. The molecule has 0 fully saturated rings. The second-order valence-corrected chi connectivity index (χ2v) is 3.72. The molecule has 0 unspecified atom stereocenters. The van der Waals surface area contributed by atoms with Crippen LogP contribution in [0.3, 0.4) is 0 Å². The summed E-state index contributed by atoms with van der Waals surface area (Å²) in [5.74, 6) is 0.610. The lowest BCUT2D eigenvalue weighted by atomic mass is 10.4. The zero-order chi connectivity index (χ0) is 10.8. The van der Waals surface area contributed by atoms with Crippen LogP contribution < -0.4 is 0 Å². The van der Waals surface area contributed by atoms with E-state index in [2.05, 4.69) is 25.9 Å². The molecule has 0 saturated heterocycles. The maximum atomic E-state index is 5.11. The second-order valence-electron chi connectivity index (χ2n) is 2.91. The number of halogens is 1. The molecule has 2 heterocycles. The fourth-order valence-electron chi connectivity index (χ4n) is 1.32. The zero-order valence-corrected chi connectivity index (χ0v) is 9.93. The average molecular weight is 272 g/mol. The van der Waals surface area contributed by atoms with Crippen LogP contribution in [0, 0.1) is 0 Å². The highest BCUT2D eigenvalue weighted by atomic mass is 79.9. The first kappa shape index (κ1) is 10.5. The SMILES string of the molecule is COC(OC)c1ccn2c(Br)cnc2n1. The first-order chi connectivity index (χ1) is 7.26. The van der Waals surface area contributed by atoms with E-state index in [1.54, 1.807) is 20.4 Å². The van der Waals surface area contributed by atoms with Gasteiger partial charge in [0.2, 0.25) is 12.1 Å². The van der Waals surface area contributed by atoms with E-state index < -0.39 is 6.29 Å². The highest BCUT2D eigenvalue weighted by molar-refractivity contribution is 9.10. The van der Waals surface area contributed by atoms with Crippen LogP contribution >= 0.6 is 15.9 Å². The van der Waals surface area contributed by atoms with Crippen molar-refractivity contribution in [3.8, 4) is 0 Å². The Hall–Kier alpha value is -0.980. The summed E-state index contributed by atoms with van der Waals surface area (Å²) in [7, 11) is 3.14. The van der Waals surface area contributed by atoms with Crippen molar-refractivity contribution in [3.05, 3.63) is 28.8 Å². The molecule has 0 N–H and O–H groups in total. The molecule has 80 valence electrons. The molecule has 0 amide bonds. The first-order valence-electron chi connectivity index (χ1n) is 4.31. The maximum absolute atomic E-state index is 5.11. The molecule has 0 aliphatic carbocycles. The highest BCUT2D eigenvalue weighted by Crippen LogP contribution is 2.17.